The SMILES string of the molecule is CCN(CC)Cc1cc(CN2CCC[C@]3(CCC[C@H]3OC)C2)ccc1OC.O=CO.O=CO. The van der Waals surface area contributed by atoms with Gasteiger partial charge in [-0.3, -0.25) is 19.4 Å². The van der Waals surface area contributed by atoms with Crippen molar-refractivity contribution in [2.75, 3.05) is 40.4 Å². The molecular formula is C25H42N2O6. The molecule has 0 bridgehead atoms. The maximum absolute atomic E-state index is 8.36. The number of ether oxygens (including phenoxy) is 2. The maximum Gasteiger partial charge on any atom is 0.290 e. The Bertz CT molecular complexity index is 691. The first-order chi connectivity index (χ1) is 16.0. The van der Waals surface area contributed by atoms with Gasteiger partial charge in [0.25, 0.3) is 12.9 Å². The summed E-state index contributed by atoms with van der Waals surface area (Å²) in [7, 11) is 3.68. The Balaban J connectivity index is 0.000000819. The average molecular weight is 467 g/mol. The monoisotopic (exact) mass is 466 g/mol. The smallest absolute Gasteiger partial charge is 0.290 e. The van der Waals surface area contributed by atoms with Gasteiger partial charge in [0.1, 0.15) is 5.75 Å². The lowest BCUT2D eigenvalue weighted by Gasteiger charge is -2.43. The fourth-order valence-corrected chi connectivity index (χ4v) is 5.33. The first-order valence-electron chi connectivity index (χ1n) is 11.8. The molecule has 8 nitrogen and oxygen atoms in total. The lowest BCUT2D eigenvalue weighted by molar-refractivity contribution is -0.123. The summed E-state index contributed by atoms with van der Waals surface area (Å²) in [6.45, 7) is 10.5. The quantitative estimate of drug-likeness (QED) is 0.559. The molecule has 1 heterocycles. The molecule has 1 spiro atoms. The van der Waals surface area contributed by atoms with Crippen molar-refractivity contribution in [1.29, 1.82) is 0 Å². The minimum atomic E-state index is -0.250. The van der Waals surface area contributed by atoms with E-state index in [0.717, 1.165) is 31.9 Å². The molecule has 1 aliphatic carbocycles. The number of rotatable bonds is 8. The Morgan fingerprint density at radius 3 is 2.33 bits per heavy atom. The first-order valence-corrected chi connectivity index (χ1v) is 11.8. The lowest BCUT2D eigenvalue weighted by Crippen LogP contribution is -2.47. The van der Waals surface area contributed by atoms with Crippen LogP contribution in [-0.4, -0.2) is 79.5 Å². The molecule has 0 amide bonds. The Hall–Kier alpha value is -2.16. The third-order valence-electron chi connectivity index (χ3n) is 6.84. The van der Waals surface area contributed by atoms with E-state index >= 15 is 0 Å². The number of carbonyl (C=O) groups is 2. The van der Waals surface area contributed by atoms with Crippen LogP contribution in [0.4, 0.5) is 0 Å². The molecular weight excluding hydrogens is 424 g/mol. The summed E-state index contributed by atoms with van der Waals surface area (Å²) in [6, 6.07) is 6.76. The summed E-state index contributed by atoms with van der Waals surface area (Å²) in [4.78, 5) is 21.8. The second-order valence-electron chi connectivity index (χ2n) is 8.61. The summed E-state index contributed by atoms with van der Waals surface area (Å²) >= 11 is 0. The van der Waals surface area contributed by atoms with Crippen LogP contribution in [0.5, 0.6) is 5.75 Å². The minimum absolute atomic E-state index is 0.250. The van der Waals surface area contributed by atoms with Crippen molar-refractivity contribution in [3.8, 4) is 5.75 Å². The largest absolute Gasteiger partial charge is 0.496 e. The second-order valence-corrected chi connectivity index (χ2v) is 8.61. The van der Waals surface area contributed by atoms with E-state index in [1.807, 2.05) is 7.11 Å². The van der Waals surface area contributed by atoms with E-state index in [9.17, 15) is 0 Å². The van der Waals surface area contributed by atoms with Gasteiger partial charge in [-0.05, 0) is 63.0 Å². The molecule has 1 aliphatic heterocycles. The van der Waals surface area contributed by atoms with Crippen LogP contribution in [-0.2, 0) is 27.4 Å². The number of carboxylic acid groups (broad SMARTS) is 2. The van der Waals surface area contributed by atoms with E-state index in [1.54, 1.807) is 7.11 Å². The predicted molar refractivity (Wildman–Crippen MR) is 129 cm³/mol. The van der Waals surface area contributed by atoms with Crippen molar-refractivity contribution in [1.82, 2.24) is 9.80 Å². The van der Waals surface area contributed by atoms with Crippen LogP contribution in [0.3, 0.4) is 0 Å². The van der Waals surface area contributed by atoms with Crippen molar-refractivity contribution in [2.45, 2.75) is 65.1 Å². The van der Waals surface area contributed by atoms with Gasteiger partial charge >= 0.3 is 0 Å². The van der Waals surface area contributed by atoms with Crippen molar-refractivity contribution in [2.24, 2.45) is 5.41 Å². The van der Waals surface area contributed by atoms with Crippen molar-refractivity contribution >= 4 is 12.9 Å². The van der Waals surface area contributed by atoms with E-state index in [-0.39, 0.29) is 12.9 Å². The molecule has 0 radical (unpaired) electrons. The number of methoxy groups -OCH3 is 2. The average Bonchev–Trinajstić information content (AvgIpc) is 3.20. The summed E-state index contributed by atoms with van der Waals surface area (Å²) in [6.07, 6.45) is 6.97. The number of likely N-dealkylation sites (tertiary alicyclic amines) is 1. The highest BCUT2D eigenvalue weighted by molar-refractivity contribution is 5.37. The zero-order chi connectivity index (χ0) is 24.7. The number of benzene rings is 1. The molecule has 1 saturated heterocycles. The van der Waals surface area contributed by atoms with Gasteiger partial charge in [0.15, 0.2) is 0 Å². The van der Waals surface area contributed by atoms with Crippen LogP contribution < -0.4 is 4.74 Å². The third kappa shape index (κ3) is 8.61. The van der Waals surface area contributed by atoms with Gasteiger partial charge in [-0.15, -0.1) is 0 Å². The topological polar surface area (TPSA) is 99.5 Å². The molecule has 2 N–H and O–H groups in total. The van der Waals surface area contributed by atoms with E-state index in [4.69, 9.17) is 29.3 Å². The van der Waals surface area contributed by atoms with Gasteiger partial charge in [-0.2, -0.15) is 0 Å². The Labute approximate surface area is 198 Å². The number of hydrogen-bond acceptors (Lipinski definition) is 6. The summed E-state index contributed by atoms with van der Waals surface area (Å²) in [5.74, 6) is 1.01. The van der Waals surface area contributed by atoms with Crippen molar-refractivity contribution in [3.63, 3.8) is 0 Å². The van der Waals surface area contributed by atoms with Crippen molar-refractivity contribution < 1.29 is 29.3 Å². The Morgan fingerprint density at radius 2 is 1.76 bits per heavy atom. The van der Waals surface area contributed by atoms with E-state index in [0.29, 0.717) is 11.5 Å². The number of piperidine rings is 1. The number of nitrogens with zero attached hydrogens (tertiary/aromatic N) is 2. The zero-order valence-corrected chi connectivity index (χ0v) is 20.7. The lowest BCUT2D eigenvalue weighted by atomic mass is 9.76. The van der Waals surface area contributed by atoms with Crippen LogP contribution in [0.25, 0.3) is 0 Å². The predicted octanol–water partition coefficient (Wildman–Crippen LogP) is 3.72. The molecule has 2 fully saturated rings. The summed E-state index contributed by atoms with van der Waals surface area (Å²) in [5.41, 5.74) is 3.10. The van der Waals surface area contributed by atoms with E-state index in [2.05, 4.69) is 41.8 Å². The normalized spacial score (nSPS) is 22.2. The highest BCUT2D eigenvalue weighted by atomic mass is 16.5. The van der Waals surface area contributed by atoms with Gasteiger partial charge in [0.2, 0.25) is 0 Å². The van der Waals surface area contributed by atoms with Crippen molar-refractivity contribution in [3.05, 3.63) is 29.3 Å². The molecule has 2 atom stereocenters. The Kier molecular flexibility index (Phi) is 13.7. The van der Waals surface area contributed by atoms with Gasteiger partial charge in [-0.1, -0.05) is 26.3 Å². The molecule has 1 aromatic rings. The van der Waals surface area contributed by atoms with Crippen LogP contribution in [0, 0.1) is 5.41 Å². The van der Waals surface area contributed by atoms with E-state index in [1.165, 1.54) is 56.3 Å². The van der Waals surface area contributed by atoms with Gasteiger partial charge in [0.05, 0.1) is 13.2 Å². The number of hydrogen-bond donors (Lipinski definition) is 2. The third-order valence-corrected chi connectivity index (χ3v) is 6.84. The van der Waals surface area contributed by atoms with Crippen LogP contribution >= 0.6 is 0 Å². The van der Waals surface area contributed by atoms with Crippen LogP contribution in [0.2, 0.25) is 0 Å². The maximum atomic E-state index is 8.36. The highest BCUT2D eigenvalue weighted by Crippen LogP contribution is 2.46. The molecule has 3 rings (SSSR count). The molecule has 8 heteroatoms. The van der Waals surface area contributed by atoms with E-state index < -0.39 is 0 Å². The molecule has 1 aromatic carbocycles. The van der Waals surface area contributed by atoms with Gasteiger partial charge in [0, 0.05) is 37.7 Å². The highest BCUT2D eigenvalue weighted by Gasteiger charge is 2.45. The Morgan fingerprint density at radius 1 is 1.12 bits per heavy atom. The molecule has 0 unspecified atom stereocenters. The van der Waals surface area contributed by atoms with Crippen LogP contribution in [0.15, 0.2) is 18.2 Å². The fraction of sp³-hybridized carbons (Fsp3) is 0.680. The molecule has 1 saturated carbocycles. The van der Waals surface area contributed by atoms with Crippen LogP contribution in [0.1, 0.15) is 57.1 Å². The molecule has 33 heavy (non-hydrogen) atoms. The first kappa shape index (κ1) is 28.9. The molecule has 0 aromatic heterocycles. The van der Waals surface area contributed by atoms with Gasteiger partial charge in [-0.25, -0.2) is 0 Å². The molecule has 188 valence electrons. The zero-order valence-electron chi connectivity index (χ0n) is 20.7. The summed E-state index contributed by atoms with van der Waals surface area (Å²) in [5, 5.41) is 13.8. The summed E-state index contributed by atoms with van der Waals surface area (Å²) < 4.78 is 11.5. The minimum Gasteiger partial charge on any atom is -0.496 e. The standard InChI is InChI=1S/C23H38N2O2.2CH2O2/c1-5-24(6-2)17-20-15-19(10-11-21(20)26-3)16-25-14-8-13-23(18-25)12-7-9-22(23)27-4;2*2-1-3/h10-11,15,22H,5-9,12-14,16-18H2,1-4H3;2*1H,(H,2,3)/t22-,23-;;/m1../s1. The fourth-order valence-electron chi connectivity index (χ4n) is 5.33. The molecule has 2 aliphatic rings. The second kappa shape index (κ2) is 15.6. The van der Waals surface area contributed by atoms with Gasteiger partial charge < -0.3 is 19.7 Å².